The minimum Gasteiger partial charge on any atom is -0.376 e. The van der Waals surface area contributed by atoms with E-state index in [-0.39, 0.29) is 0 Å². The molecule has 0 N–H and O–H groups in total. The van der Waals surface area contributed by atoms with Crippen molar-refractivity contribution in [3.8, 4) is 0 Å². The Balaban J connectivity index is 1.40. The third-order valence-electron chi connectivity index (χ3n) is 4.47. The Morgan fingerprint density at radius 3 is 3.00 bits per heavy atom. The average Bonchev–Trinajstić information content (AvgIpc) is 3.25. The summed E-state index contributed by atoms with van der Waals surface area (Å²) in [6.07, 6.45) is 5.55. The second-order valence-corrected chi connectivity index (χ2v) is 7.33. The first-order valence-corrected chi connectivity index (χ1v) is 9.52. The predicted octanol–water partition coefficient (Wildman–Crippen LogP) is 3.19. The number of aromatic nitrogens is 3. The summed E-state index contributed by atoms with van der Waals surface area (Å²) in [5, 5.41) is 8.87. The molecule has 1 atom stereocenters. The van der Waals surface area contributed by atoms with E-state index in [0.29, 0.717) is 12.5 Å². The normalized spacial score (nSPS) is 18.0. The van der Waals surface area contributed by atoms with E-state index >= 15 is 0 Å². The highest BCUT2D eigenvalue weighted by atomic mass is 32.1. The van der Waals surface area contributed by atoms with Crippen molar-refractivity contribution in [1.29, 1.82) is 0 Å². The van der Waals surface area contributed by atoms with Gasteiger partial charge in [-0.3, -0.25) is 14.6 Å². The van der Waals surface area contributed by atoms with E-state index in [9.17, 15) is 0 Å². The van der Waals surface area contributed by atoms with E-state index in [2.05, 4.69) is 48.6 Å². The summed E-state index contributed by atoms with van der Waals surface area (Å²) >= 11 is 1.76. The summed E-state index contributed by atoms with van der Waals surface area (Å²) in [6.45, 7) is 5.19. The molecule has 4 rings (SSSR count). The highest BCUT2D eigenvalue weighted by molar-refractivity contribution is 7.07. The highest BCUT2D eigenvalue weighted by Gasteiger charge is 2.22. The van der Waals surface area contributed by atoms with Crippen LogP contribution < -0.4 is 0 Å². The smallest absolute Gasteiger partial charge is 0.0731 e. The van der Waals surface area contributed by atoms with Gasteiger partial charge in [0.25, 0.3) is 0 Å². The van der Waals surface area contributed by atoms with Crippen molar-refractivity contribution in [2.45, 2.75) is 26.2 Å². The zero-order chi connectivity index (χ0) is 16.9. The lowest BCUT2D eigenvalue weighted by molar-refractivity contribution is 0.0656. The van der Waals surface area contributed by atoms with Crippen molar-refractivity contribution in [2.75, 3.05) is 13.2 Å². The maximum absolute atomic E-state index is 5.98. The van der Waals surface area contributed by atoms with Crippen LogP contribution >= 0.6 is 11.3 Å². The predicted molar refractivity (Wildman–Crippen MR) is 98.0 cm³/mol. The SMILES string of the molecule is c1cncc(COCC2CN(Cc3ccsc3)Cc3ccnn3C2)c1. The van der Waals surface area contributed by atoms with Gasteiger partial charge in [0, 0.05) is 50.7 Å². The molecule has 0 spiro atoms. The van der Waals surface area contributed by atoms with Gasteiger partial charge in [-0.15, -0.1) is 0 Å². The summed E-state index contributed by atoms with van der Waals surface area (Å²) in [5.74, 6) is 0.427. The van der Waals surface area contributed by atoms with E-state index in [4.69, 9.17) is 4.74 Å². The van der Waals surface area contributed by atoms with E-state index in [1.54, 1.807) is 17.5 Å². The van der Waals surface area contributed by atoms with Crippen molar-refractivity contribution >= 4 is 11.3 Å². The molecule has 0 saturated carbocycles. The van der Waals surface area contributed by atoms with Crippen LogP contribution in [0, 0.1) is 5.92 Å². The largest absolute Gasteiger partial charge is 0.376 e. The lowest BCUT2D eigenvalue weighted by Crippen LogP contribution is -2.30. The quantitative estimate of drug-likeness (QED) is 0.682. The molecule has 4 heterocycles. The molecule has 0 amide bonds. The van der Waals surface area contributed by atoms with Crippen molar-refractivity contribution in [3.05, 3.63) is 70.4 Å². The lowest BCUT2D eigenvalue weighted by Gasteiger charge is -2.23. The Morgan fingerprint density at radius 2 is 2.16 bits per heavy atom. The van der Waals surface area contributed by atoms with Crippen LogP contribution in [0.5, 0.6) is 0 Å². The lowest BCUT2D eigenvalue weighted by atomic mass is 10.1. The third-order valence-corrected chi connectivity index (χ3v) is 5.20. The van der Waals surface area contributed by atoms with Crippen molar-refractivity contribution in [2.24, 2.45) is 5.92 Å². The van der Waals surface area contributed by atoms with Gasteiger partial charge >= 0.3 is 0 Å². The summed E-state index contributed by atoms with van der Waals surface area (Å²) in [4.78, 5) is 6.64. The van der Waals surface area contributed by atoms with Gasteiger partial charge in [-0.05, 0) is 40.1 Å². The molecular weight excluding hydrogens is 332 g/mol. The molecule has 0 bridgehead atoms. The molecule has 0 aromatic carbocycles. The van der Waals surface area contributed by atoms with Gasteiger partial charge in [0.15, 0.2) is 0 Å². The number of ether oxygens (including phenoxy) is 1. The van der Waals surface area contributed by atoms with Crippen LogP contribution in [0.2, 0.25) is 0 Å². The third kappa shape index (κ3) is 4.34. The fourth-order valence-corrected chi connectivity index (χ4v) is 3.97. The zero-order valence-corrected chi connectivity index (χ0v) is 14.9. The Kier molecular flexibility index (Phi) is 5.20. The minimum absolute atomic E-state index is 0.427. The molecule has 0 fully saturated rings. The fraction of sp³-hybridized carbons (Fsp3) is 0.368. The fourth-order valence-electron chi connectivity index (χ4n) is 3.31. The summed E-state index contributed by atoms with van der Waals surface area (Å²) in [6, 6.07) is 8.33. The average molecular weight is 354 g/mol. The second-order valence-electron chi connectivity index (χ2n) is 6.55. The van der Waals surface area contributed by atoms with E-state index in [1.165, 1.54) is 11.3 Å². The van der Waals surface area contributed by atoms with E-state index in [1.807, 2.05) is 18.5 Å². The van der Waals surface area contributed by atoms with Crippen LogP contribution in [0.1, 0.15) is 16.8 Å². The minimum atomic E-state index is 0.427. The number of thiophene rings is 1. The second kappa shape index (κ2) is 7.91. The molecule has 1 aliphatic rings. The van der Waals surface area contributed by atoms with Gasteiger partial charge in [0.1, 0.15) is 0 Å². The van der Waals surface area contributed by atoms with E-state index in [0.717, 1.165) is 38.3 Å². The number of fused-ring (bicyclic) bond motifs is 1. The number of rotatable bonds is 6. The molecule has 3 aromatic rings. The Morgan fingerprint density at radius 1 is 1.16 bits per heavy atom. The maximum atomic E-state index is 5.98. The molecule has 130 valence electrons. The van der Waals surface area contributed by atoms with Crippen LogP contribution in [-0.4, -0.2) is 32.8 Å². The molecule has 0 aliphatic carbocycles. The Labute approximate surface area is 151 Å². The number of hydrogen-bond acceptors (Lipinski definition) is 5. The topological polar surface area (TPSA) is 43.2 Å². The first-order valence-electron chi connectivity index (χ1n) is 8.57. The summed E-state index contributed by atoms with van der Waals surface area (Å²) in [5.41, 5.74) is 3.78. The molecule has 0 radical (unpaired) electrons. The van der Waals surface area contributed by atoms with Crippen molar-refractivity contribution in [1.82, 2.24) is 19.7 Å². The molecule has 1 unspecified atom stereocenters. The van der Waals surface area contributed by atoms with E-state index < -0.39 is 0 Å². The number of pyridine rings is 1. The molecule has 1 aliphatic heterocycles. The van der Waals surface area contributed by atoms with Crippen LogP contribution in [0.25, 0.3) is 0 Å². The van der Waals surface area contributed by atoms with Crippen LogP contribution in [0.4, 0.5) is 0 Å². The van der Waals surface area contributed by atoms with Crippen molar-refractivity contribution < 1.29 is 4.74 Å². The van der Waals surface area contributed by atoms with Crippen LogP contribution in [-0.2, 0) is 31.0 Å². The van der Waals surface area contributed by atoms with Gasteiger partial charge in [-0.25, -0.2) is 0 Å². The van der Waals surface area contributed by atoms with Gasteiger partial charge < -0.3 is 4.74 Å². The summed E-state index contributed by atoms with van der Waals surface area (Å²) in [7, 11) is 0. The highest BCUT2D eigenvalue weighted by Crippen LogP contribution is 2.19. The van der Waals surface area contributed by atoms with Gasteiger partial charge in [-0.1, -0.05) is 6.07 Å². The molecule has 6 heteroatoms. The van der Waals surface area contributed by atoms with Crippen LogP contribution in [0.15, 0.2) is 53.6 Å². The zero-order valence-electron chi connectivity index (χ0n) is 14.1. The Bertz CT molecular complexity index is 772. The van der Waals surface area contributed by atoms with Gasteiger partial charge in [0.05, 0.1) is 18.9 Å². The maximum Gasteiger partial charge on any atom is 0.0731 e. The van der Waals surface area contributed by atoms with Gasteiger partial charge in [-0.2, -0.15) is 16.4 Å². The summed E-state index contributed by atoms with van der Waals surface area (Å²) < 4.78 is 8.11. The molecule has 0 saturated heterocycles. The number of nitrogens with zero attached hydrogens (tertiary/aromatic N) is 4. The molecule has 5 nitrogen and oxygen atoms in total. The Hall–Kier alpha value is -2.02. The van der Waals surface area contributed by atoms with Crippen molar-refractivity contribution in [3.63, 3.8) is 0 Å². The monoisotopic (exact) mass is 354 g/mol. The number of hydrogen-bond donors (Lipinski definition) is 0. The molecule has 3 aromatic heterocycles. The standard InChI is InChI=1S/C19H22N4OS/c1-2-16(8-20-5-1)13-24-14-18-10-22(9-17-4-7-25-15-17)12-19-3-6-21-23(19)11-18/h1-8,15,18H,9-14H2. The van der Waals surface area contributed by atoms with Gasteiger partial charge in [0.2, 0.25) is 0 Å². The first-order chi connectivity index (χ1) is 12.4. The molecular formula is C19H22N4OS. The first kappa shape index (κ1) is 16.4. The van der Waals surface area contributed by atoms with Crippen LogP contribution in [0.3, 0.4) is 0 Å². The molecule has 25 heavy (non-hydrogen) atoms.